The van der Waals surface area contributed by atoms with Crippen molar-refractivity contribution < 1.29 is 14.6 Å². The summed E-state index contributed by atoms with van der Waals surface area (Å²) in [6.45, 7) is 1.05. The van der Waals surface area contributed by atoms with Gasteiger partial charge >= 0.3 is 0 Å². The van der Waals surface area contributed by atoms with Crippen LogP contribution in [-0.4, -0.2) is 47.8 Å². The van der Waals surface area contributed by atoms with Gasteiger partial charge in [0.1, 0.15) is 0 Å². The third-order valence-corrected chi connectivity index (χ3v) is 5.97. The molecular formula is C27H29NO3. The molecule has 3 aromatic carbocycles. The summed E-state index contributed by atoms with van der Waals surface area (Å²) in [5.74, 6) is -0.365. The van der Waals surface area contributed by atoms with Gasteiger partial charge in [-0.1, -0.05) is 91.0 Å². The Hall–Kier alpha value is -2.95. The molecule has 1 heterocycles. The summed E-state index contributed by atoms with van der Waals surface area (Å²) in [6.07, 6.45) is 1.77. The first-order valence-electron chi connectivity index (χ1n) is 10.9. The first kappa shape index (κ1) is 21.3. The van der Waals surface area contributed by atoms with Gasteiger partial charge in [0.05, 0.1) is 24.7 Å². The summed E-state index contributed by atoms with van der Waals surface area (Å²) < 4.78 is 6.02. The molecule has 4 nitrogen and oxygen atoms in total. The minimum atomic E-state index is -0.379. The van der Waals surface area contributed by atoms with Gasteiger partial charge in [0.15, 0.2) is 0 Å². The molecule has 1 fully saturated rings. The van der Waals surface area contributed by atoms with Crippen molar-refractivity contribution in [2.24, 2.45) is 0 Å². The highest BCUT2D eigenvalue weighted by Crippen LogP contribution is 2.32. The van der Waals surface area contributed by atoms with E-state index in [-0.39, 0.29) is 30.6 Å². The predicted molar refractivity (Wildman–Crippen MR) is 122 cm³/mol. The fraction of sp³-hybridized carbons (Fsp3) is 0.296. The molecule has 3 aromatic rings. The summed E-state index contributed by atoms with van der Waals surface area (Å²) in [4.78, 5) is 15.3. The molecule has 1 aliphatic heterocycles. The number of hydrogen-bond donors (Lipinski definition) is 1. The molecule has 31 heavy (non-hydrogen) atoms. The highest BCUT2D eigenvalue weighted by atomic mass is 16.5. The SMILES string of the molecule is O=C(C(c1ccccc1)c1ccccc1)N1CC(OCCCc2ccccc2)C1CO. The number of rotatable bonds is 9. The number of aliphatic hydroxyl groups is 1. The number of amides is 1. The van der Waals surface area contributed by atoms with Crippen molar-refractivity contribution in [2.45, 2.75) is 30.9 Å². The fourth-order valence-electron chi connectivity index (χ4n) is 4.24. The van der Waals surface area contributed by atoms with Gasteiger partial charge in [-0.3, -0.25) is 4.79 Å². The Morgan fingerprint density at radius 1 is 0.903 bits per heavy atom. The van der Waals surface area contributed by atoms with Crippen molar-refractivity contribution in [1.29, 1.82) is 0 Å². The fourth-order valence-corrected chi connectivity index (χ4v) is 4.24. The van der Waals surface area contributed by atoms with Gasteiger partial charge in [-0.2, -0.15) is 0 Å². The molecule has 2 atom stereocenters. The number of ether oxygens (including phenoxy) is 1. The molecule has 0 aromatic heterocycles. The zero-order valence-corrected chi connectivity index (χ0v) is 17.6. The summed E-state index contributed by atoms with van der Waals surface area (Å²) in [7, 11) is 0. The second-order valence-electron chi connectivity index (χ2n) is 7.99. The van der Waals surface area contributed by atoms with Crippen LogP contribution in [-0.2, 0) is 16.0 Å². The van der Waals surface area contributed by atoms with Gasteiger partial charge in [0, 0.05) is 13.2 Å². The zero-order valence-electron chi connectivity index (χ0n) is 17.6. The van der Waals surface area contributed by atoms with Gasteiger partial charge in [0.25, 0.3) is 0 Å². The second kappa shape index (κ2) is 10.4. The second-order valence-corrected chi connectivity index (χ2v) is 7.99. The highest BCUT2D eigenvalue weighted by Gasteiger charge is 2.44. The van der Waals surface area contributed by atoms with E-state index in [9.17, 15) is 9.90 Å². The standard InChI is InChI=1S/C27H29NO3/c29-20-24-25(31-18-10-13-21-11-4-1-5-12-21)19-28(24)27(30)26(22-14-6-2-7-15-22)23-16-8-3-9-17-23/h1-9,11-12,14-17,24-26,29H,10,13,18-20H2. The molecule has 2 unspecified atom stereocenters. The van der Waals surface area contributed by atoms with Crippen molar-refractivity contribution >= 4 is 5.91 Å². The largest absolute Gasteiger partial charge is 0.394 e. The maximum atomic E-state index is 13.5. The lowest BCUT2D eigenvalue weighted by atomic mass is 9.87. The van der Waals surface area contributed by atoms with Crippen molar-refractivity contribution in [1.82, 2.24) is 4.90 Å². The van der Waals surface area contributed by atoms with E-state index in [0.717, 1.165) is 24.0 Å². The summed E-state index contributed by atoms with van der Waals surface area (Å²) in [6, 6.07) is 29.7. The monoisotopic (exact) mass is 415 g/mol. The van der Waals surface area contributed by atoms with E-state index in [1.807, 2.05) is 78.9 Å². The smallest absolute Gasteiger partial charge is 0.235 e. The topological polar surface area (TPSA) is 49.8 Å². The number of hydrogen-bond acceptors (Lipinski definition) is 3. The van der Waals surface area contributed by atoms with E-state index in [1.54, 1.807) is 4.90 Å². The van der Waals surface area contributed by atoms with E-state index in [4.69, 9.17) is 4.74 Å². The average molecular weight is 416 g/mol. The Balaban J connectivity index is 1.38. The molecule has 0 radical (unpaired) electrons. The van der Waals surface area contributed by atoms with Crippen molar-refractivity contribution in [3.05, 3.63) is 108 Å². The quantitative estimate of drug-likeness (QED) is 0.537. The lowest BCUT2D eigenvalue weighted by molar-refractivity contribution is -0.162. The normalized spacial score (nSPS) is 18.1. The molecule has 4 heteroatoms. The molecule has 0 spiro atoms. The predicted octanol–water partition coefficient (Wildman–Crippen LogP) is 4.04. The number of likely N-dealkylation sites (tertiary alicyclic amines) is 1. The minimum absolute atomic E-state index is 0.0144. The minimum Gasteiger partial charge on any atom is -0.394 e. The van der Waals surface area contributed by atoms with E-state index in [1.165, 1.54) is 5.56 Å². The number of carbonyl (C=O) groups excluding carboxylic acids is 1. The summed E-state index contributed by atoms with van der Waals surface area (Å²) >= 11 is 0. The maximum absolute atomic E-state index is 13.5. The molecule has 1 aliphatic rings. The molecule has 4 rings (SSSR count). The highest BCUT2D eigenvalue weighted by molar-refractivity contribution is 5.88. The zero-order chi connectivity index (χ0) is 21.5. The molecule has 1 saturated heterocycles. The van der Waals surface area contributed by atoms with E-state index < -0.39 is 0 Å². The summed E-state index contributed by atoms with van der Waals surface area (Å²) in [5.41, 5.74) is 3.22. The Morgan fingerprint density at radius 3 is 2.00 bits per heavy atom. The Bertz CT molecular complexity index is 906. The van der Waals surface area contributed by atoms with Crippen LogP contribution in [0, 0.1) is 0 Å². The Morgan fingerprint density at radius 2 is 1.45 bits per heavy atom. The number of aliphatic hydroxyl groups excluding tert-OH is 1. The van der Waals surface area contributed by atoms with E-state index in [2.05, 4.69) is 12.1 Å². The van der Waals surface area contributed by atoms with E-state index >= 15 is 0 Å². The van der Waals surface area contributed by atoms with Crippen LogP contribution in [0.4, 0.5) is 0 Å². The number of benzene rings is 3. The summed E-state index contributed by atoms with van der Waals surface area (Å²) in [5, 5.41) is 9.96. The van der Waals surface area contributed by atoms with Crippen molar-refractivity contribution in [3.8, 4) is 0 Å². The molecule has 0 bridgehead atoms. The van der Waals surface area contributed by atoms with Gasteiger partial charge < -0.3 is 14.7 Å². The van der Waals surface area contributed by atoms with Gasteiger partial charge in [-0.25, -0.2) is 0 Å². The molecule has 1 N–H and O–H groups in total. The Kier molecular flexibility index (Phi) is 7.13. The van der Waals surface area contributed by atoms with Crippen LogP contribution in [0.5, 0.6) is 0 Å². The molecule has 0 aliphatic carbocycles. The van der Waals surface area contributed by atoms with Crippen LogP contribution in [0.15, 0.2) is 91.0 Å². The average Bonchev–Trinajstić information content (AvgIpc) is 2.80. The molecule has 1 amide bonds. The lowest BCUT2D eigenvalue weighted by Gasteiger charge is -2.48. The Labute approximate surface area is 184 Å². The molecule has 160 valence electrons. The van der Waals surface area contributed by atoms with Crippen molar-refractivity contribution in [2.75, 3.05) is 19.8 Å². The third-order valence-electron chi connectivity index (χ3n) is 5.97. The van der Waals surface area contributed by atoms with Crippen molar-refractivity contribution in [3.63, 3.8) is 0 Å². The first-order chi connectivity index (χ1) is 15.3. The van der Waals surface area contributed by atoms with Crippen LogP contribution < -0.4 is 0 Å². The maximum Gasteiger partial charge on any atom is 0.235 e. The number of nitrogens with zero attached hydrogens (tertiary/aromatic N) is 1. The van der Waals surface area contributed by atoms with Crippen LogP contribution in [0.25, 0.3) is 0 Å². The number of carbonyl (C=O) groups is 1. The first-order valence-corrected chi connectivity index (χ1v) is 10.9. The van der Waals surface area contributed by atoms with Gasteiger partial charge in [-0.05, 0) is 29.5 Å². The van der Waals surface area contributed by atoms with Gasteiger partial charge in [-0.15, -0.1) is 0 Å². The van der Waals surface area contributed by atoms with Gasteiger partial charge in [0.2, 0.25) is 5.91 Å². The molecule has 0 saturated carbocycles. The molecular weight excluding hydrogens is 386 g/mol. The van der Waals surface area contributed by atoms with Crippen LogP contribution >= 0.6 is 0 Å². The van der Waals surface area contributed by atoms with Crippen LogP contribution in [0.3, 0.4) is 0 Å². The number of aryl methyl sites for hydroxylation is 1. The lowest BCUT2D eigenvalue weighted by Crippen LogP contribution is -2.65. The third kappa shape index (κ3) is 5.04. The van der Waals surface area contributed by atoms with Crippen LogP contribution in [0.1, 0.15) is 29.0 Å². The van der Waals surface area contributed by atoms with Crippen LogP contribution in [0.2, 0.25) is 0 Å². The van der Waals surface area contributed by atoms with E-state index in [0.29, 0.717) is 13.2 Å².